The van der Waals surface area contributed by atoms with Crippen molar-refractivity contribution in [1.29, 1.82) is 0 Å². The molecule has 1 fully saturated rings. The fourth-order valence-corrected chi connectivity index (χ4v) is 4.93. The van der Waals surface area contributed by atoms with Gasteiger partial charge in [0.2, 0.25) is 0 Å². The molecule has 4 heterocycles. The van der Waals surface area contributed by atoms with Crippen molar-refractivity contribution in [3.8, 4) is 11.6 Å². The summed E-state index contributed by atoms with van der Waals surface area (Å²) in [5.74, 6) is -1.98. The minimum atomic E-state index is -0.539. The summed E-state index contributed by atoms with van der Waals surface area (Å²) in [6.07, 6.45) is 5.29. The average Bonchev–Trinajstić information content (AvgIpc) is 3.53. The molecule has 1 unspecified atom stereocenters. The summed E-state index contributed by atoms with van der Waals surface area (Å²) in [5.41, 5.74) is 2.81. The average molecular weight is 491 g/mol. The predicted octanol–water partition coefficient (Wildman–Crippen LogP) is 2.47. The molecule has 3 aromatic rings. The molecule has 2 aliphatic rings. The lowest BCUT2D eigenvalue weighted by Crippen LogP contribution is -2.42. The lowest BCUT2D eigenvalue weighted by Gasteiger charge is -2.18. The van der Waals surface area contributed by atoms with E-state index in [9.17, 15) is 19.1 Å². The molecule has 5 rings (SSSR count). The number of amides is 2. The number of ether oxygens (including phenoxy) is 1. The highest BCUT2D eigenvalue weighted by Crippen LogP contribution is 2.37. The maximum absolute atomic E-state index is 13.8. The summed E-state index contributed by atoms with van der Waals surface area (Å²) >= 11 is 0. The van der Waals surface area contributed by atoms with E-state index in [0.717, 1.165) is 28.7 Å². The van der Waals surface area contributed by atoms with Crippen molar-refractivity contribution in [2.45, 2.75) is 46.1 Å². The second-order valence-electron chi connectivity index (χ2n) is 9.25. The van der Waals surface area contributed by atoms with Crippen LogP contribution in [-0.2, 0) is 20.7 Å². The zero-order valence-corrected chi connectivity index (χ0v) is 20.5. The molecule has 0 radical (unpaired) electrons. The molecule has 0 aliphatic carbocycles. The van der Waals surface area contributed by atoms with Crippen LogP contribution in [0.2, 0.25) is 0 Å². The molecule has 0 spiro atoms. The third kappa shape index (κ3) is 4.09. The van der Waals surface area contributed by atoms with Gasteiger partial charge in [0.15, 0.2) is 12.4 Å². The van der Waals surface area contributed by atoms with Crippen molar-refractivity contribution < 1.29 is 28.4 Å². The summed E-state index contributed by atoms with van der Waals surface area (Å²) in [6.45, 7) is 6.35. The lowest BCUT2D eigenvalue weighted by molar-refractivity contribution is -0.577. The molecule has 0 saturated carbocycles. The summed E-state index contributed by atoms with van der Waals surface area (Å²) < 4.78 is 22.0. The molecule has 1 saturated heterocycles. The fourth-order valence-electron chi connectivity index (χ4n) is 4.93. The van der Waals surface area contributed by atoms with Crippen molar-refractivity contribution in [3.63, 3.8) is 0 Å². The van der Waals surface area contributed by atoms with Crippen LogP contribution in [0.1, 0.15) is 42.1 Å². The van der Waals surface area contributed by atoms with E-state index in [-0.39, 0.29) is 29.5 Å². The third-order valence-corrected chi connectivity index (χ3v) is 6.52. The molecular formula is C27H27FN4O4. The normalized spacial score (nSPS) is 18.1. The molecule has 0 N–H and O–H groups in total. The molecule has 1 atom stereocenters. The molecule has 36 heavy (non-hydrogen) atoms. The van der Waals surface area contributed by atoms with Crippen molar-refractivity contribution in [2.24, 2.45) is 0 Å². The highest BCUT2D eigenvalue weighted by atomic mass is 19.1. The maximum atomic E-state index is 13.8. The molecule has 8 nitrogen and oxygen atoms in total. The molecule has 0 bridgehead atoms. The number of hydrogen-bond donors (Lipinski definition) is 0. The first-order chi connectivity index (χ1) is 17.3. The number of carbonyl (C=O) groups is 2. The Hall–Kier alpha value is -3.85. The first-order valence-corrected chi connectivity index (χ1v) is 12.1. The van der Waals surface area contributed by atoms with Gasteiger partial charge in [-0.25, -0.2) is 9.07 Å². The first-order valence-electron chi connectivity index (χ1n) is 12.1. The van der Waals surface area contributed by atoms with Crippen molar-refractivity contribution in [3.05, 3.63) is 70.9 Å². The Morgan fingerprint density at radius 2 is 1.83 bits per heavy atom. The Balaban J connectivity index is 1.71. The van der Waals surface area contributed by atoms with Crippen LogP contribution < -0.4 is 9.67 Å². The molecular weight excluding hydrogens is 463 g/mol. The third-order valence-electron chi connectivity index (χ3n) is 6.52. The van der Waals surface area contributed by atoms with Crippen molar-refractivity contribution in [2.75, 3.05) is 13.2 Å². The fraction of sp³-hybridized carbons (Fsp3) is 0.333. The predicted molar refractivity (Wildman–Crippen MR) is 127 cm³/mol. The maximum Gasteiger partial charge on any atom is 0.327 e. The number of carbonyl (C=O) groups excluding carboxylic acids is 2. The largest absolute Gasteiger partial charge is 0.858 e. The number of benzene rings is 1. The molecule has 186 valence electrons. The molecule has 9 heteroatoms. The zero-order chi connectivity index (χ0) is 25.6. The van der Waals surface area contributed by atoms with Gasteiger partial charge in [-0.3, -0.25) is 14.5 Å². The van der Waals surface area contributed by atoms with Crippen molar-refractivity contribution >= 4 is 23.1 Å². The summed E-state index contributed by atoms with van der Waals surface area (Å²) in [6, 6.07) is 7.35. The topological polar surface area (TPSA) is 91.4 Å². The van der Waals surface area contributed by atoms with Gasteiger partial charge in [-0.15, -0.1) is 0 Å². The number of imide groups is 1. The van der Waals surface area contributed by atoms with Gasteiger partial charge in [0.05, 0.1) is 24.0 Å². The minimum absolute atomic E-state index is 0.0307. The van der Waals surface area contributed by atoms with E-state index in [1.165, 1.54) is 29.2 Å². The minimum Gasteiger partial charge on any atom is -0.858 e. The van der Waals surface area contributed by atoms with E-state index in [1.807, 2.05) is 26.8 Å². The first kappa shape index (κ1) is 23.9. The molecule has 1 aromatic carbocycles. The van der Waals surface area contributed by atoms with Gasteiger partial charge in [-0.2, -0.15) is 9.67 Å². The van der Waals surface area contributed by atoms with Crippen LogP contribution in [0.15, 0.2) is 42.7 Å². The molecule has 2 amide bonds. The van der Waals surface area contributed by atoms with Gasteiger partial charge in [0, 0.05) is 23.3 Å². The van der Waals surface area contributed by atoms with Crippen LogP contribution in [0.25, 0.3) is 17.0 Å². The highest BCUT2D eigenvalue weighted by Gasteiger charge is 2.47. The van der Waals surface area contributed by atoms with Crippen LogP contribution in [0.3, 0.4) is 0 Å². The van der Waals surface area contributed by atoms with E-state index >= 15 is 0 Å². The van der Waals surface area contributed by atoms with E-state index < -0.39 is 23.5 Å². The van der Waals surface area contributed by atoms with Crippen molar-refractivity contribution in [1.82, 2.24) is 14.7 Å². The Kier molecular flexibility index (Phi) is 6.17. The van der Waals surface area contributed by atoms with Crippen LogP contribution in [0.4, 0.5) is 4.39 Å². The van der Waals surface area contributed by atoms with E-state index in [1.54, 1.807) is 17.0 Å². The second-order valence-corrected chi connectivity index (χ2v) is 9.25. The van der Waals surface area contributed by atoms with Gasteiger partial charge in [-0.1, -0.05) is 6.92 Å². The number of nitrogens with zero attached hydrogens (tertiary/aromatic N) is 4. The second kappa shape index (κ2) is 9.31. The Bertz CT molecular complexity index is 1370. The number of rotatable bonds is 6. The quantitative estimate of drug-likeness (QED) is 0.391. The van der Waals surface area contributed by atoms with Gasteiger partial charge in [0.1, 0.15) is 11.4 Å². The number of aromatic nitrogens is 3. The van der Waals surface area contributed by atoms with Crippen LogP contribution in [0.5, 0.6) is 5.88 Å². The Morgan fingerprint density at radius 3 is 2.44 bits per heavy atom. The lowest BCUT2D eigenvalue weighted by atomic mass is 10.0. The van der Waals surface area contributed by atoms with E-state index in [0.29, 0.717) is 24.4 Å². The van der Waals surface area contributed by atoms with Gasteiger partial charge in [-0.05, 0) is 69.3 Å². The number of halogens is 1. The van der Waals surface area contributed by atoms with Crippen LogP contribution in [0, 0.1) is 19.7 Å². The zero-order valence-electron chi connectivity index (χ0n) is 20.5. The van der Waals surface area contributed by atoms with E-state index in [4.69, 9.17) is 4.74 Å². The Morgan fingerprint density at radius 1 is 1.14 bits per heavy atom. The van der Waals surface area contributed by atoms with Gasteiger partial charge < -0.3 is 9.84 Å². The smallest absolute Gasteiger partial charge is 0.327 e. The molecule has 2 aromatic heterocycles. The number of pyridine rings is 1. The Labute approximate surface area is 208 Å². The standard InChI is InChI=1S/C27H27FN4O4/c1-4-21-22(26(34)32(29-21)19-9-7-18(28)8-10-19)23-24(30-13-16(2)12-17(3)14-30)27(35)31(25(23)33)15-20-6-5-11-36-20/h7-10,12-14,20H,4-6,11,15H2,1-3H3. The van der Waals surface area contributed by atoms with Crippen LogP contribution >= 0.6 is 0 Å². The summed E-state index contributed by atoms with van der Waals surface area (Å²) in [4.78, 5) is 28.7. The molecule has 2 aliphatic heterocycles. The summed E-state index contributed by atoms with van der Waals surface area (Å²) in [7, 11) is 0. The monoisotopic (exact) mass is 490 g/mol. The van der Waals surface area contributed by atoms with Crippen LogP contribution in [-0.4, -0.2) is 45.8 Å². The summed E-state index contributed by atoms with van der Waals surface area (Å²) in [5, 5.41) is 18.1. The number of hydrogen-bond acceptors (Lipinski definition) is 5. The SMILES string of the molecule is CCc1nn(-c2ccc(F)cc2)c([O-])c1C1=C([n+]2cc(C)cc(C)c2)C(=O)N(CC2CCCO2)C1=O. The van der Waals surface area contributed by atoms with Gasteiger partial charge >= 0.3 is 5.91 Å². The van der Waals surface area contributed by atoms with E-state index in [2.05, 4.69) is 5.10 Å². The van der Waals surface area contributed by atoms with Gasteiger partial charge in [0.25, 0.3) is 11.6 Å². The highest BCUT2D eigenvalue weighted by molar-refractivity contribution is 6.45. The number of aryl methyl sites for hydroxylation is 3.